The van der Waals surface area contributed by atoms with Crippen LogP contribution in [0.2, 0.25) is 0 Å². The van der Waals surface area contributed by atoms with Crippen LogP contribution in [0.1, 0.15) is 53.4 Å². The zero-order valence-corrected chi connectivity index (χ0v) is 16.2. The summed E-state index contributed by atoms with van der Waals surface area (Å²) in [5.41, 5.74) is -0.0449. The molecular formula is C19H26O8. The second kappa shape index (κ2) is 8.83. The van der Waals surface area contributed by atoms with Crippen molar-refractivity contribution in [2.75, 3.05) is 6.61 Å². The maximum atomic E-state index is 11.2. The van der Waals surface area contributed by atoms with Crippen molar-refractivity contribution in [1.82, 2.24) is 0 Å². The highest BCUT2D eigenvalue weighted by Gasteiger charge is 2.39. The van der Waals surface area contributed by atoms with Gasteiger partial charge in [0.05, 0.1) is 6.42 Å². The van der Waals surface area contributed by atoms with Gasteiger partial charge in [-0.15, -0.1) is 0 Å². The van der Waals surface area contributed by atoms with E-state index in [1.165, 1.54) is 0 Å². The lowest BCUT2D eigenvalue weighted by Gasteiger charge is -2.32. The van der Waals surface area contributed by atoms with Crippen LogP contribution in [0.15, 0.2) is 24.3 Å². The number of rotatable bonds is 4. The first-order valence-corrected chi connectivity index (χ1v) is 8.51. The summed E-state index contributed by atoms with van der Waals surface area (Å²) in [5.74, 6) is -2.64. The fourth-order valence-electron chi connectivity index (χ4n) is 2.16. The zero-order valence-electron chi connectivity index (χ0n) is 16.2. The van der Waals surface area contributed by atoms with Gasteiger partial charge in [0.25, 0.3) is 5.79 Å². The average molecular weight is 382 g/mol. The zero-order chi connectivity index (χ0) is 20.8. The van der Waals surface area contributed by atoms with Crippen LogP contribution in [0.3, 0.4) is 0 Å². The van der Waals surface area contributed by atoms with Crippen LogP contribution in [0.5, 0.6) is 0 Å². The summed E-state index contributed by atoms with van der Waals surface area (Å²) in [6.07, 6.45) is 1.50. The van der Waals surface area contributed by atoms with Gasteiger partial charge in [-0.2, -0.15) is 0 Å². The third-order valence-electron chi connectivity index (χ3n) is 3.85. The molecule has 2 atom stereocenters. The monoisotopic (exact) mass is 382 g/mol. The van der Waals surface area contributed by atoms with Crippen LogP contribution < -0.4 is 0 Å². The molecule has 2 saturated heterocycles. The van der Waals surface area contributed by atoms with Crippen molar-refractivity contribution in [2.45, 2.75) is 64.8 Å². The summed E-state index contributed by atoms with van der Waals surface area (Å²) in [5, 5.41) is 0. The molecule has 2 fully saturated rings. The van der Waals surface area contributed by atoms with E-state index in [9.17, 15) is 19.2 Å². The van der Waals surface area contributed by atoms with E-state index in [2.05, 4.69) is 13.2 Å². The summed E-state index contributed by atoms with van der Waals surface area (Å²) in [6, 6.07) is 0. The summed E-state index contributed by atoms with van der Waals surface area (Å²) >= 11 is 0. The molecular weight excluding hydrogens is 356 g/mol. The van der Waals surface area contributed by atoms with Crippen molar-refractivity contribution in [3.8, 4) is 0 Å². The Morgan fingerprint density at radius 3 is 1.85 bits per heavy atom. The minimum absolute atomic E-state index is 0.130. The van der Waals surface area contributed by atoms with Crippen LogP contribution in [-0.4, -0.2) is 41.9 Å². The second-order valence-corrected chi connectivity index (χ2v) is 7.06. The molecule has 0 spiro atoms. The molecule has 150 valence electrons. The molecule has 2 aliphatic rings. The van der Waals surface area contributed by atoms with Crippen molar-refractivity contribution >= 4 is 23.9 Å². The summed E-state index contributed by atoms with van der Waals surface area (Å²) in [6.45, 7) is 13.5. The van der Waals surface area contributed by atoms with E-state index in [0.717, 1.165) is 0 Å². The lowest BCUT2D eigenvalue weighted by molar-refractivity contribution is -0.204. The van der Waals surface area contributed by atoms with Gasteiger partial charge in [0.2, 0.25) is 0 Å². The molecule has 0 aromatic carbocycles. The first-order chi connectivity index (χ1) is 12.4. The Kier molecular flexibility index (Phi) is 7.33. The molecule has 0 bridgehead atoms. The van der Waals surface area contributed by atoms with E-state index < -0.39 is 23.3 Å². The van der Waals surface area contributed by atoms with Crippen LogP contribution >= 0.6 is 0 Å². The normalized spacial score (nSPS) is 26.7. The van der Waals surface area contributed by atoms with E-state index in [1.54, 1.807) is 27.7 Å². The predicted octanol–water partition coefficient (Wildman–Crippen LogP) is 2.36. The number of carbonyl (C=O) groups excluding carboxylic acids is 4. The molecule has 0 N–H and O–H groups in total. The number of carbonyl (C=O) groups is 4. The van der Waals surface area contributed by atoms with Gasteiger partial charge in [0.15, 0.2) is 0 Å². The fourth-order valence-corrected chi connectivity index (χ4v) is 2.16. The van der Waals surface area contributed by atoms with Crippen molar-refractivity contribution in [3.05, 3.63) is 24.3 Å². The van der Waals surface area contributed by atoms with Crippen LogP contribution in [-0.2, 0) is 38.1 Å². The Morgan fingerprint density at radius 1 is 0.926 bits per heavy atom. The molecule has 2 rings (SSSR count). The van der Waals surface area contributed by atoms with Crippen molar-refractivity contribution in [1.29, 1.82) is 0 Å². The van der Waals surface area contributed by atoms with E-state index in [1.807, 2.05) is 0 Å². The number of hydrogen-bond donors (Lipinski definition) is 0. The summed E-state index contributed by atoms with van der Waals surface area (Å²) in [4.78, 5) is 43.9. The number of hydrogen-bond acceptors (Lipinski definition) is 8. The number of cyclic esters (lactones) is 2. The molecule has 0 saturated carbocycles. The SMILES string of the molecule is C=C(C)C(=O)OC1(C)CCC(=O)O1.C=C(C)C(=O)OC1(C)CCC(=O)OC1. The van der Waals surface area contributed by atoms with E-state index in [4.69, 9.17) is 18.9 Å². The topological polar surface area (TPSA) is 105 Å². The number of esters is 4. The predicted molar refractivity (Wildman–Crippen MR) is 94.1 cm³/mol. The maximum absolute atomic E-state index is 11.2. The van der Waals surface area contributed by atoms with Crippen molar-refractivity contribution < 1.29 is 38.1 Å². The largest absolute Gasteiger partial charge is 0.461 e. The molecule has 27 heavy (non-hydrogen) atoms. The minimum atomic E-state index is -1.09. The third-order valence-corrected chi connectivity index (χ3v) is 3.85. The Labute approximate surface area is 158 Å². The third kappa shape index (κ3) is 7.24. The van der Waals surface area contributed by atoms with E-state index in [-0.39, 0.29) is 18.5 Å². The molecule has 8 nitrogen and oxygen atoms in total. The van der Waals surface area contributed by atoms with Crippen molar-refractivity contribution in [2.24, 2.45) is 0 Å². The number of ether oxygens (including phenoxy) is 4. The lowest BCUT2D eigenvalue weighted by Crippen LogP contribution is -2.41. The minimum Gasteiger partial charge on any atom is -0.461 e. The van der Waals surface area contributed by atoms with Crippen LogP contribution in [0, 0.1) is 0 Å². The molecule has 0 radical (unpaired) electrons. The van der Waals surface area contributed by atoms with Gasteiger partial charge in [-0.1, -0.05) is 13.2 Å². The highest BCUT2D eigenvalue weighted by molar-refractivity contribution is 5.88. The first kappa shape index (κ1) is 22.4. The molecule has 2 unspecified atom stereocenters. The molecule has 0 aromatic heterocycles. The molecule has 0 aliphatic carbocycles. The van der Waals surface area contributed by atoms with Crippen molar-refractivity contribution in [3.63, 3.8) is 0 Å². The second-order valence-electron chi connectivity index (χ2n) is 7.06. The average Bonchev–Trinajstić information content (AvgIpc) is 2.89. The van der Waals surface area contributed by atoms with Gasteiger partial charge in [-0.05, 0) is 20.8 Å². The quantitative estimate of drug-likeness (QED) is 0.414. The Morgan fingerprint density at radius 2 is 1.44 bits per heavy atom. The fraction of sp³-hybridized carbons (Fsp3) is 0.579. The van der Waals surface area contributed by atoms with Gasteiger partial charge >= 0.3 is 23.9 Å². The lowest BCUT2D eigenvalue weighted by atomic mass is 9.98. The van der Waals surface area contributed by atoms with Gasteiger partial charge < -0.3 is 18.9 Å². The molecule has 0 aromatic rings. The van der Waals surface area contributed by atoms with Gasteiger partial charge in [-0.25, -0.2) is 9.59 Å². The van der Waals surface area contributed by atoms with Gasteiger partial charge in [0, 0.05) is 37.3 Å². The standard InChI is InChI=1S/C10H14O4.C9H12O4/c1-7(2)9(12)14-10(3)5-4-8(11)13-6-10;1-6(2)8(11)13-9(3)5-4-7(10)12-9/h1,4-6H2,2-3H3;1,4-5H2,2-3H3. The highest BCUT2D eigenvalue weighted by Crippen LogP contribution is 2.28. The first-order valence-electron chi connectivity index (χ1n) is 8.51. The Balaban J connectivity index is 0.000000271. The van der Waals surface area contributed by atoms with Crippen LogP contribution in [0.4, 0.5) is 0 Å². The van der Waals surface area contributed by atoms with Gasteiger partial charge in [0.1, 0.15) is 12.2 Å². The summed E-state index contributed by atoms with van der Waals surface area (Å²) < 4.78 is 19.8. The smallest absolute Gasteiger partial charge is 0.336 e. The van der Waals surface area contributed by atoms with Crippen LogP contribution in [0.25, 0.3) is 0 Å². The van der Waals surface area contributed by atoms with E-state index >= 15 is 0 Å². The molecule has 2 aliphatic heterocycles. The Hall–Kier alpha value is -2.64. The van der Waals surface area contributed by atoms with E-state index in [0.29, 0.717) is 36.8 Å². The molecule has 0 amide bonds. The molecule has 8 heteroatoms. The molecule has 2 heterocycles. The Bertz CT molecular complexity index is 653. The maximum Gasteiger partial charge on any atom is 0.336 e. The van der Waals surface area contributed by atoms with Gasteiger partial charge in [-0.3, -0.25) is 9.59 Å². The highest BCUT2D eigenvalue weighted by atomic mass is 16.7. The summed E-state index contributed by atoms with van der Waals surface area (Å²) in [7, 11) is 0.